The van der Waals surface area contributed by atoms with Crippen LogP contribution in [0.25, 0.3) is 0 Å². The summed E-state index contributed by atoms with van der Waals surface area (Å²) in [6.45, 7) is 3.23. The van der Waals surface area contributed by atoms with Gasteiger partial charge in [0.2, 0.25) is 5.91 Å². The van der Waals surface area contributed by atoms with Crippen molar-refractivity contribution in [2.45, 2.75) is 20.0 Å². The quantitative estimate of drug-likeness (QED) is 0.577. The molecule has 0 radical (unpaired) electrons. The average molecular weight is 393 g/mol. The highest BCUT2D eigenvalue weighted by atomic mass is 16.5. The highest BCUT2D eigenvalue weighted by molar-refractivity contribution is 5.98. The van der Waals surface area contributed by atoms with E-state index < -0.39 is 0 Å². The molecular weight excluding hydrogens is 370 g/mol. The third-order valence-corrected chi connectivity index (χ3v) is 4.16. The van der Waals surface area contributed by atoms with E-state index in [1.807, 2.05) is 31.2 Å². The third kappa shape index (κ3) is 5.90. The van der Waals surface area contributed by atoms with Gasteiger partial charge in [0.1, 0.15) is 18.4 Å². The van der Waals surface area contributed by atoms with Crippen molar-refractivity contribution in [2.75, 3.05) is 13.2 Å². The van der Waals surface area contributed by atoms with Crippen LogP contribution in [0, 0.1) is 0 Å². The Bertz CT molecular complexity index is 939. The molecule has 3 rings (SSSR count). The molecule has 2 aromatic carbocycles. The topological polar surface area (TPSA) is 98.1 Å². The van der Waals surface area contributed by atoms with Crippen molar-refractivity contribution in [3.8, 4) is 5.75 Å². The van der Waals surface area contributed by atoms with Crippen molar-refractivity contribution in [3.63, 3.8) is 0 Å². The molecule has 0 fully saturated rings. The zero-order valence-corrected chi connectivity index (χ0v) is 16.2. The number of nitrogens with zero attached hydrogens (tertiary/aromatic N) is 3. The van der Waals surface area contributed by atoms with E-state index in [4.69, 9.17) is 4.74 Å². The Labute approximate surface area is 168 Å². The number of nitrogens with one attached hydrogen (secondary N) is 2. The van der Waals surface area contributed by atoms with E-state index in [-0.39, 0.29) is 18.4 Å². The average Bonchev–Trinajstić information content (AvgIpc) is 3.25. The Morgan fingerprint density at radius 3 is 2.52 bits per heavy atom. The lowest BCUT2D eigenvalue weighted by atomic mass is 10.1. The highest BCUT2D eigenvalue weighted by Gasteiger charge is 2.12. The maximum Gasteiger partial charge on any atom is 0.255 e. The molecule has 0 unspecified atom stereocenters. The van der Waals surface area contributed by atoms with Gasteiger partial charge in [0.05, 0.1) is 25.3 Å². The van der Waals surface area contributed by atoms with E-state index in [0.717, 1.165) is 11.1 Å². The van der Waals surface area contributed by atoms with Gasteiger partial charge in [0.25, 0.3) is 5.91 Å². The predicted octanol–water partition coefficient (Wildman–Crippen LogP) is 1.77. The smallest absolute Gasteiger partial charge is 0.255 e. The lowest BCUT2D eigenvalue weighted by Gasteiger charge is -2.11. The molecule has 0 saturated heterocycles. The molecule has 8 heteroatoms. The normalized spacial score (nSPS) is 10.4. The molecule has 0 bridgehead atoms. The van der Waals surface area contributed by atoms with Crippen LogP contribution >= 0.6 is 0 Å². The van der Waals surface area contributed by atoms with Crippen LogP contribution in [0.2, 0.25) is 0 Å². The Morgan fingerprint density at radius 2 is 1.79 bits per heavy atom. The van der Waals surface area contributed by atoms with E-state index in [1.165, 1.54) is 6.33 Å². The van der Waals surface area contributed by atoms with E-state index >= 15 is 0 Å². The first kappa shape index (κ1) is 20.1. The Hall–Kier alpha value is -3.68. The van der Waals surface area contributed by atoms with Gasteiger partial charge in [-0.05, 0) is 30.2 Å². The summed E-state index contributed by atoms with van der Waals surface area (Å²) in [7, 11) is 0. The van der Waals surface area contributed by atoms with Gasteiger partial charge in [-0.15, -0.1) is 0 Å². The van der Waals surface area contributed by atoms with Gasteiger partial charge in [0, 0.05) is 6.54 Å². The van der Waals surface area contributed by atoms with Crippen molar-refractivity contribution >= 4 is 11.8 Å². The SMILES string of the molecule is CCOc1ccccc1C(=O)NCC(=O)NCc1ccc(Cn2cncn2)cc1. The molecule has 29 heavy (non-hydrogen) atoms. The molecule has 150 valence electrons. The minimum Gasteiger partial charge on any atom is -0.493 e. The maximum absolute atomic E-state index is 12.3. The number of amides is 2. The lowest BCUT2D eigenvalue weighted by Crippen LogP contribution is -2.36. The Kier molecular flexibility index (Phi) is 6.94. The summed E-state index contributed by atoms with van der Waals surface area (Å²) in [6, 6.07) is 14.8. The fourth-order valence-electron chi connectivity index (χ4n) is 2.72. The standard InChI is InChI=1S/C21H23N5O3/c1-2-29-19-6-4-3-5-18(19)21(28)24-12-20(27)23-11-16-7-9-17(10-8-16)13-26-15-22-14-25-26/h3-10,14-15H,2,11-13H2,1H3,(H,23,27)(H,24,28). The summed E-state index contributed by atoms with van der Waals surface area (Å²) in [6.07, 6.45) is 3.16. The summed E-state index contributed by atoms with van der Waals surface area (Å²) in [5.41, 5.74) is 2.46. The number of aromatic nitrogens is 3. The lowest BCUT2D eigenvalue weighted by molar-refractivity contribution is -0.120. The summed E-state index contributed by atoms with van der Waals surface area (Å²) >= 11 is 0. The highest BCUT2D eigenvalue weighted by Crippen LogP contribution is 2.17. The summed E-state index contributed by atoms with van der Waals surface area (Å²) in [4.78, 5) is 28.3. The van der Waals surface area contributed by atoms with E-state index in [2.05, 4.69) is 20.7 Å². The summed E-state index contributed by atoms with van der Waals surface area (Å²) in [5.74, 6) is -0.112. The van der Waals surface area contributed by atoms with Crippen LogP contribution in [0.3, 0.4) is 0 Å². The first-order valence-corrected chi connectivity index (χ1v) is 9.32. The molecule has 0 aliphatic rings. The molecular formula is C21H23N5O3. The third-order valence-electron chi connectivity index (χ3n) is 4.16. The largest absolute Gasteiger partial charge is 0.493 e. The van der Waals surface area contributed by atoms with Crippen LogP contribution in [0.1, 0.15) is 28.4 Å². The first-order valence-electron chi connectivity index (χ1n) is 9.32. The minimum atomic E-state index is -0.346. The van der Waals surface area contributed by atoms with Crippen molar-refractivity contribution in [1.29, 1.82) is 0 Å². The molecule has 0 saturated carbocycles. The van der Waals surface area contributed by atoms with Crippen LogP contribution in [0.5, 0.6) is 5.75 Å². The molecule has 0 atom stereocenters. The molecule has 0 aliphatic heterocycles. The Morgan fingerprint density at radius 1 is 1.03 bits per heavy atom. The zero-order valence-electron chi connectivity index (χ0n) is 16.2. The fourth-order valence-corrected chi connectivity index (χ4v) is 2.72. The number of para-hydroxylation sites is 1. The zero-order chi connectivity index (χ0) is 20.5. The first-order chi connectivity index (χ1) is 14.2. The van der Waals surface area contributed by atoms with E-state index in [1.54, 1.807) is 35.3 Å². The van der Waals surface area contributed by atoms with Gasteiger partial charge in [-0.25, -0.2) is 9.67 Å². The van der Waals surface area contributed by atoms with Gasteiger partial charge in [-0.3, -0.25) is 9.59 Å². The number of carbonyl (C=O) groups excluding carboxylic acids is 2. The van der Waals surface area contributed by atoms with Crippen LogP contribution in [-0.2, 0) is 17.9 Å². The second-order valence-corrected chi connectivity index (χ2v) is 6.30. The van der Waals surface area contributed by atoms with Crippen molar-refractivity contribution in [3.05, 3.63) is 77.9 Å². The fraction of sp³-hybridized carbons (Fsp3) is 0.238. The van der Waals surface area contributed by atoms with Gasteiger partial charge in [-0.2, -0.15) is 5.10 Å². The monoisotopic (exact) mass is 393 g/mol. The van der Waals surface area contributed by atoms with Crippen molar-refractivity contribution in [1.82, 2.24) is 25.4 Å². The number of carbonyl (C=O) groups is 2. The van der Waals surface area contributed by atoms with Crippen LogP contribution in [0.15, 0.2) is 61.2 Å². The second-order valence-electron chi connectivity index (χ2n) is 6.30. The van der Waals surface area contributed by atoms with Crippen molar-refractivity contribution in [2.24, 2.45) is 0 Å². The number of benzene rings is 2. The van der Waals surface area contributed by atoms with E-state index in [0.29, 0.717) is 31.0 Å². The van der Waals surface area contributed by atoms with Gasteiger partial charge in [-0.1, -0.05) is 36.4 Å². The number of hydrogen-bond acceptors (Lipinski definition) is 5. The van der Waals surface area contributed by atoms with Crippen molar-refractivity contribution < 1.29 is 14.3 Å². The number of rotatable bonds is 9. The number of hydrogen-bond donors (Lipinski definition) is 2. The Balaban J connectivity index is 1.44. The van der Waals surface area contributed by atoms with Crippen LogP contribution < -0.4 is 15.4 Å². The predicted molar refractivity (Wildman–Crippen MR) is 107 cm³/mol. The molecule has 1 heterocycles. The van der Waals surface area contributed by atoms with E-state index in [9.17, 15) is 9.59 Å². The maximum atomic E-state index is 12.3. The summed E-state index contributed by atoms with van der Waals surface area (Å²) < 4.78 is 7.18. The molecule has 0 aliphatic carbocycles. The van der Waals surface area contributed by atoms with Crippen LogP contribution in [0.4, 0.5) is 0 Å². The van der Waals surface area contributed by atoms with Gasteiger partial charge in [0.15, 0.2) is 0 Å². The van der Waals surface area contributed by atoms with Crippen LogP contribution in [-0.4, -0.2) is 39.7 Å². The number of ether oxygens (including phenoxy) is 1. The molecule has 0 spiro atoms. The molecule has 1 aromatic heterocycles. The molecule has 2 amide bonds. The summed E-state index contributed by atoms with van der Waals surface area (Å²) in [5, 5.41) is 9.49. The second kappa shape index (κ2) is 10.0. The van der Waals surface area contributed by atoms with Gasteiger partial charge >= 0.3 is 0 Å². The van der Waals surface area contributed by atoms with Gasteiger partial charge < -0.3 is 15.4 Å². The molecule has 3 aromatic rings. The molecule has 2 N–H and O–H groups in total. The molecule has 8 nitrogen and oxygen atoms in total. The minimum absolute atomic E-state index is 0.107.